The fraction of sp³-hybridized carbons (Fsp3) is 0.200. The van der Waals surface area contributed by atoms with Gasteiger partial charge in [-0.25, -0.2) is 4.57 Å². The molecule has 0 radical (unpaired) electrons. The fourth-order valence-electron chi connectivity index (χ4n) is 2.64. The number of hydrogen-bond acceptors (Lipinski definition) is 4. The summed E-state index contributed by atoms with van der Waals surface area (Å²) >= 11 is 6.25. The van der Waals surface area contributed by atoms with Gasteiger partial charge in [-0.3, -0.25) is 4.79 Å². The molecule has 134 valence electrons. The molecule has 3 aromatic rings. The van der Waals surface area contributed by atoms with Crippen LogP contribution in [0, 0.1) is 0 Å². The van der Waals surface area contributed by atoms with Crippen molar-refractivity contribution in [3.05, 3.63) is 69.5 Å². The van der Waals surface area contributed by atoms with Crippen LogP contribution in [0.1, 0.15) is 26.3 Å². The van der Waals surface area contributed by atoms with E-state index >= 15 is 0 Å². The predicted molar refractivity (Wildman–Crippen MR) is 107 cm³/mol. The molecule has 26 heavy (non-hydrogen) atoms. The van der Waals surface area contributed by atoms with Crippen LogP contribution >= 0.6 is 11.6 Å². The summed E-state index contributed by atoms with van der Waals surface area (Å²) in [5.41, 5.74) is 3.29. The Labute approximate surface area is 156 Å². The lowest BCUT2D eigenvalue weighted by atomic mass is 10.1. The zero-order valence-corrected chi connectivity index (χ0v) is 15.6. The average Bonchev–Trinajstić information content (AvgIpc) is 2.58. The first kappa shape index (κ1) is 18.0. The van der Waals surface area contributed by atoms with Crippen molar-refractivity contribution in [2.45, 2.75) is 26.3 Å². The van der Waals surface area contributed by atoms with Gasteiger partial charge in [-0.05, 0) is 39.0 Å². The van der Waals surface area contributed by atoms with Crippen molar-refractivity contribution in [2.75, 3.05) is 0 Å². The standard InChI is InChI=1S/C20H20ClN3O2/c1-20(2,3)23-22-12-15-13-8-4-5-9-14(13)18(25)24(19(15)26)17-11-7-6-10-16(17)21/h4-12,23,26H,1-3H3/b22-12+. The largest absolute Gasteiger partial charge is 0.494 e. The van der Waals surface area contributed by atoms with Gasteiger partial charge in [0.15, 0.2) is 0 Å². The summed E-state index contributed by atoms with van der Waals surface area (Å²) in [6.07, 6.45) is 1.52. The van der Waals surface area contributed by atoms with Crippen molar-refractivity contribution in [3.63, 3.8) is 0 Å². The number of aromatic hydroxyl groups is 1. The van der Waals surface area contributed by atoms with Gasteiger partial charge in [0.25, 0.3) is 5.56 Å². The quantitative estimate of drug-likeness (QED) is 0.540. The molecule has 0 bridgehead atoms. The van der Waals surface area contributed by atoms with Crippen LogP contribution in [0.15, 0.2) is 58.4 Å². The van der Waals surface area contributed by atoms with E-state index in [1.807, 2.05) is 26.8 Å². The lowest BCUT2D eigenvalue weighted by Crippen LogP contribution is -2.31. The number of rotatable bonds is 3. The Balaban J connectivity index is 2.31. The van der Waals surface area contributed by atoms with Crippen LogP contribution in [-0.4, -0.2) is 21.4 Å². The van der Waals surface area contributed by atoms with Gasteiger partial charge >= 0.3 is 0 Å². The number of aromatic nitrogens is 1. The van der Waals surface area contributed by atoms with Gasteiger partial charge in [0.2, 0.25) is 5.88 Å². The van der Waals surface area contributed by atoms with Crippen LogP contribution in [0.25, 0.3) is 16.5 Å². The molecule has 2 N–H and O–H groups in total. The van der Waals surface area contributed by atoms with Gasteiger partial charge in [-0.1, -0.05) is 41.9 Å². The lowest BCUT2D eigenvalue weighted by Gasteiger charge is -2.18. The maximum Gasteiger partial charge on any atom is 0.265 e. The predicted octanol–water partition coefficient (Wildman–Crippen LogP) is 4.07. The highest BCUT2D eigenvalue weighted by Crippen LogP contribution is 2.28. The minimum Gasteiger partial charge on any atom is -0.494 e. The Morgan fingerprint density at radius 1 is 1.08 bits per heavy atom. The van der Waals surface area contributed by atoms with E-state index in [0.29, 0.717) is 27.0 Å². The monoisotopic (exact) mass is 369 g/mol. The molecule has 2 aromatic carbocycles. The summed E-state index contributed by atoms with van der Waals surface area (Å²) in [7, 11) is 0. The molecule has 0 unspecified atom stereocenters. The van der Waals surface area contributed by atoms with Crippen LogP contribution in [0.4, 0.5) is 0 Å². The second-order valence-electron chi connectivity index (χ2n) is 6.99. The number of benzene rings is 2. The van der Waals surface area contributed by atoms with Crippen molar-refractivity contribution in [1.29, 1.82) is 0 Å². The maximum atomic E-state index is 13.0. The third kappa shape index (κ3) is 3.44. The lowest BCUT2D eigenvalue weighted by molar-refractivity contribution is 0.433. The Morgan fingerprint density at radius 3 is 2.35 bits per heavy atom. The van der Waals surface area contributed by atoms with Crippen molar-refractivity contribution < 1.29 is 5.11 Å². The summed E-state index contributed by atoms with van der Waals surface area (Å²) in [6.45, 7) is 5.94. The van der Waals surface area contributed by atoms with Crippen molar-refractivity contribution in [1.82, 2.24) is 9.99 Å². The van der Waals surface area contributed by atoms with Gasteiger partial charge in [0, 0.05) is 16.3 Å². The Hall–Kier alpha value is -2.79. The topological polar surface area (TPSA) is 66.6 Å². The van der Waals surface area contributed by atoms with E-state index in [4.69, 9.17) is 11.6 Å². The Morgan fingerprint density at radius 2 is 1.69 bits per heavy atom. The first-order valence-corrected chi connectivity index (χ1v) is 8.59. The molecule has 0 spiro atoms. The molecule has 0 aliphatic rings. The zero-order valence-electron chi connectivity index (χ0n) is 14.8. The zero-order chi connectivity index (χ0) is 18.9. The molecule has 0 atom stereocenters. The van der Waals surface area contributed by atoms with Gasteiger partial charge in [-0.2, -0.15) is 5.10 Å². The average molecular weight is 370 g/mol. The number of fused-ring (bicyclic) bond motifs is 1. The minimum absolute atomic E-state index is 0.207. The number of nitrogens with one attached hydrogen (secondary N) is 1. The molecular weight excluding hydrogens is 350 g/mol. The van der Waals surface area contributed by atoms with Gasteiger partial charge in [-0.15, -0.1) is 0 Å². The van der Waals surface area contributed by atoms with E-state index < -0.39 is 0 Å². The van der Waals surface area contributed by atoms with Gasteiger partial charge in [0.1, 0.15) is 0 Å². The number of para-hydroxylation sites is 1. The van der Waals surface area contributed by atoms with Gasteiger partial charge < -0.3 is 10.5 Å². The number of nitrogens with zero attached hydrogens (tertiary/aromatic N) is 2. The Kier molecular flexibility index (Phi) is 4.74. The second-order valence-corrected chi connectivity index (χ2v) is 7.40. The molecule has 6 heteroatoms. The van der Waals surface area contributed by atoms with Crippen LogP contribution in [0.3, 0.4) is 0 Å². The summed E-state index contributed by atoms with van der Waals surface area (Å²) < 4.78 is 1.21. The normalized spacial score (nSPS) is 12.0. The van der Waals surface area contributed by atoms with Crippen molar-refractivity contribution in [3.8, 4) is 11.6 Å². The molecule has 0 saturated carbocycles. The van der Waals surface area contributed by atoms with E-state index in [9.17, 15) is 9.90 Å². The summed E-state index contributed by atoms with van der Waals surface area (Å²) in [4.78, 5) is 13.0. The molecular formula is C20H20ClN3O2. The van der Waals surface area contributed by atoms with E-state index in [1.54, 1.807) is 42.5 Å². The molecule has 0 saturated heterocycles. The van der Waals surface area contributed by atoms with Crippen LogP contribution in [0.2, 0.25) is 5.02 Å². The first-order chi connectivity index (χ1) is 12.3. The molecule has 0 fully saturated rings. The Bertz CT molecular complexity index is 1050. The summed E-state index contributed by atoms with van der Waals surface area (Å²) in [5.74, 6) is -0.207. The van der Waals surface area contributed by atoms with E-state index in [2.05, 4.69) is 10.5 Å². The molecule has 3 rings (SSSR count). The SMILES string of the molecule is CC(C)(C)N/N=C/c1c(O)n(-c2ccccc2Cl)c(=O)c2ccccc12. The maximum absolute atomic E-state index is 13.0. The number of halogens is 1. The molecule has 1 heterocycles. The fourth-order valence-corrected chi connectivity index (χ4v) is 2.86. The highest BCUT2D eigenvalue weighted by Gasteiger charge is 2.18. The number of hydrogen-bond donors (Lipinski definition) is 2. The third-order valence-electron chi connectivity index (χ3n) is 3.79. The highest BCUT2D eigenvalue weighted by atomic mass is 35.5. The molecule has 5 nitrogen and oxygen atoms in total. The summed E-state index contributed by atoms with van der Waals surface area (Å²) in [6, 6.07) is 14.0. The van der Waals surface area contributed by atoms with Crippen molar-refractivity contribution >= 4 is 28.6 Å². The van der Waals surface area contributed by atoms with Crippen LogP contribution in [-0.2, 0) is 0 Å². The number of pyridine rings is 1. The van der Waals surface area contributed by atoms with Crippen molar-refractivity contribution in [2.24, 2.45) is 5.10 Å². The van der Waals surface area contributed by atoms with Crippen LogP contribution < -0.4 is 11.0 Å². The molecule has 1 aromatic heterocycles. The highest BCUT2D eigenvalue weighted by molar-refractivity contribution is 6.32. The second kappa shape index (κ2) is 6.84. The first-order valence-electron chi connectivity index (χ1n) is 8.21. The number of hydrazone groups is 1. The molecule has 0 aliphatic carbocycles. The van der Waals surface area contributed by atoms with Crippen LogP contribution in [0.5, 0.6) is 5.88 Å². The van der Waals surface area contributed by atoms with E-state index in [0.717, 1.165) is 0 Å². The van der Waals surface area contributed by atoms with Gasteiger partial charge in [0.05, 0.1) is 22.5 Å². The molecule has 0 aliphatic heterocycles. The summed E-state index contributed by atoms with van der Waals surface area (Å²) in [5, 5.41) is 16.6. The molecule has 0 amide bonds. The van der Waals surface area contributed by atoms with E-state index in [-0.39, 0.29) is 17.0 Å². The third-order valence-corrected chi connectivity index (χ3v) is 4.11. The minimum atomic E-state index is -0.341. The smallest absolute Gasteiger partial charge is 0.265 e. The van der Waals surface area contributed by atoms with E-state index in [1.165, 1.54) is 10.8 Å².